The largest absolute Gasteiger partial charge is 0.508 e. The highest BCUT2D eigenvalue weighted by molar-refractivity contribution is 5.77. The summed E-state index contributed by atoms with van der Waals surface area (Å²) >= 11 is 0. The lowest BCUT2D eigenvalue weighted by Gasteiger charge is -2.25. The van der Waals surface area contributed by atoms with Gasteiger partial charge in [-0.25, -0.2) is 0 Å². The molecule has 0 radical (unpaired) electrons. The number of benzene rings is 1. The van der Waals surface area contributed by atoms with Crippen molar-refractivity contribution in [2.45, 2.75) is 45.1 Å². The Kier molecular flexibility index (Phi) is 5.43. The van der Waals surface area contributed by atoms with Gasteiger partial charge in [0.25, 0.3) is 0 Å². The number of phenols is 3. The SMILES string of the molecule is CCC(CCc1c(O)ccc(O)c1O)CC(C)(N)C(=O)O. The second kappa shape index (κ2) is 6.67. The van der Waals surface area contributed by atoms with Crippen molar-refractivity contribution >= 4 is 5.97 Å². The molecule has 6 N–H and O–H groups in total. The molecule has 0 aliphatic heterocycles. The van der Waals surface area contributed by atoms with E-state index in [9.17, 15) is 20.1 Å². The molecule has 1 rings (SSSR count). The number of rotatable bonds is 7. The van der Waals surface area contributed by atoms with Crippen molar-refractivity contribution in [1.29, 1.82) is 0 Å². The van der Waals surface area contributed by atoms with Crippen LogP contribution >= 0.6 is 0 Å². The molecule has 0 aliphatic carbocycles. The number of carbonyl (C=O) groups is 1. The summed E-state index contributed by atoms with van der Waals surface area (Å²) in [6, 6.07) is 2.53. The quantitative estimate of drug-likeness (QED) is 0.387. The number of phenolic OH excluding ortho intramolecular Hbond substituents is 3. The fraction of sp³-hybridized carbons (Fsp3) is 0.533. The average molecular weight is 297 g/mol. The zero-order chi connectivity index (χ0) is 16.2. The molecule has 0 spiro atoms. The normalized spacial score (nSPS) is 15.4. The molecule has 0 saturated heterocycles. The molecule has 0 fully saturated rings. The lowest BCUT2D eigenvalue weighted by molar-refractivity contribution is -0.143. The number of aromatic hydroxyl groups is 3. The van der Waals surface area contributed by atoms with E-state index in [1.165, 1.54) is 19.1 Å². The molecule has 1 aromatic carbocycles. The maximum atomic E-state index is 11.1. The minimum absolute atomic E-state index is 0.0391. The Labute approximate surface area is 123 Å². The van der Waals surface area contributed by atoms with Crippen molar-refractivity contribution in [3.63, 3.8) is 0 Å². The Morgan fingerprint density at radius 3 is 2.38 bits per heavy atom. The van der Waals surface area contributed by atoms with Gasteiger partial charge in [0.15, 0.2) is 11.5 Å². The van der Waals surface area contributed by atoms with E-state index in [1.54, 1.807) is 0 Å². The molecule has 1 aromatic rings. The van der Waals surface area contributed by atoms with Gasteiger partial charge >= 0.3 is 5.97 Å². The molecule has 6 heteroatoms. The van der Waals surface area contributed by atoms with Crippen LogP contribution in [0, 0.1) is 5.92 Å². The van der Waals surface area contributed by atoms with E-state index >= 15 is 0 Å². The second-order valence-corrected chi connectivity index (χ2v) is 5.67. The first-order valence-electron chi connectivity index (χ1n) is 6.94. The van der Waals surface area contributed by atoms with E-state index in [4.69, 9.17) is 10.8 Å². The van der Waals surface area contributed by atoms with Crippen LogP contribution in [0.4, 0.5) is 0 Å². The Morgan fingerprint density at radius 2 is 1.86 bits per heavy atom. The topological polar surface area (TPSA) is 124 Å². The summed E-state index contributed by atoms with van der Waals surface area (Å²) in [5.41, 5.74) is 4.71. The first kappa shape index (κ1) is 17.1. The molecule has 2 atom stereocenters. The Hall–Kier alpha value is -1.95. The monoisotopic (exact) mass is 297 g/mol. The third kappa shape index (κ3) is 4.26. The van der Waals surface area contributed by atoms with Gasteiger partial charge in [0.2, 0.25) is 0 Å². The predicted molar refractivity (Wildman–Crippen MR) is 78.4 cm³/mol. The second-order valence-electron chi connectivity index (χ2n) is 5.67. The zero-order valence-corrected chi connectivity index (χ0v) is 12.3. The minimum Gasteiger partial charge on any atom is -0.508 e. The number of carboxylic acids is 1. The van der Waals surface area contributed by atoms with Crippen LogP contribution in [-0.2, 0) is 11.2 Å². The number of nitrogens with two attached hydrogens (primary N) is 1. The van der Waals surface area contributed by atoms with Crippen LogP contribution in [0.25, 0.3) is 0 Å². The Balaban J connectivity index is 2.77. The van der Waals surface area contributed by atoms with Gasteiger partial charge in [0.05, 0.1) is 0 Å². The number of aliphatic carboxylic acids is 1. The summed E-state index contributed by atoms with van der Waals surface area (Å²) in [6.45, 7) is 3.41. The smallest absolute Gasteiger partial charge is 0.323 e. The summed E-state index contributed by atoms with van der Waals surface area (Å²) < 4.78 is 0. The third-order valence-electron chi connectivity index (χ3n) is 3.82. The fourth-order valence-electron chi connectivity index (χ4n) is 2.35. The lowest BCUT2D eigenvalue weighted by atomic mass is 9.84. The van der Waals surface area contributed by atoms with Crippen molar-refractivity contribution in [2.75, 3.05) is 0 Å². The van der Waals surface area contributed by atoms with Crippen molar-refractivity contribution in [3.8, 4) is 17.2 Å². The number of hydrogen-bond donors (Lipinski definition) is 5. The van der Waals surface area contributed by atoms with E-state index in [0.29, 0.717) is 19.3 Å². The molecule has 6 nitrogen and oxygen atoms in total. The molecular formula is C15H23NO5. The maximum Gasteiger partial charge on any atom is 0.323 e. The molecule has 0 aliphatic rings. The standard InChI is InChI=1S/C15H23NO5/c1-3-9(8-15(2,16)14(20)21)4-5-10-11(17)6-7-12(18)13(10)19/h6-7,9,17-19H,3-5,8,16H2,1-2H3,(H,20,21). The van der Waals surface area contributed by atoms with Crippen LogP contribution in [0.15, 0.2) is 12.1 Å². The van der Waals surface area contributed by atoms with Gasteiger partial charge in [-0.05, 0) is 44.2 Å². The van der Waals surface area contributed by atoms with Crippen LogP contribution in [-0.4, -0.2) is 31.9 Å². The molecular weight excluding hydrogens is 274 g/mol. The van der Waals surface area contributed by atoms with Gasteiger partial charge < -0.3 is 26.2 Å². The van der Waals surface area contributed by atoms with E-state index in [1.807, 2.05) is 6.92 Å². The van der Waals surface area contributed by atoms with Gasteiger partial charge in [-0.1, -0.05) is 13.3 Å². The molecule has 0 aromatic heterocycles. The summed E-state index contributed by atoms with van der Waals surface area (Å²) in [4.78, 5) is 11.1. The van der Waals surface area contributed by atoms with Crippen LogP contribution < -0.4 is 5.73 Å². The Bertz CT molecular complexity index is 513. The minimum atomic E-state index is -1.30. The van der Waals surface area contributed by atoms with E-state index in [-0.39, 0.29) is 28.7 Å². The molecule has 0 heterocycles. The molecule has 21 heavy (non-hydrogen) atoms. The summed E-state index contributed by atoms with van der Waals surface area (Å²) in [7, 11) is 0. The van der Waals surface area contributed by atoms with E-state index < -0.39 is 11.5 Å². The highest BCUT2D eigenvalue weighted by atomic mass is 16.4. The number of carboxylic acid groups (broad SMARTS) is 1. The van der Waals surface area contributed by atoms with Gasteiger partial charge in [0, 0.05) is 5.56 Å². The fourth-order valence-corrected chi connectivity index (χ4v) is 2.35. The van der Waals surface area contributed by atoms with Gasteiger partial charge in [-0.2, -0.15) is 0 Å². The highest BCUT2D eigenvalue weighted by Crippen LogP contribution is 2.37. The van der Waals surface area contributed by atoms with Crippen LogP contribution in [0.3, 0.4) is 0 Å². The third-order valence-corrected chi connectivity index (χ3v) is 3.82. The van der Waals surface area contributed by atoms with Crippen molar-refractivity contribution in [3.05, 3.63) is 17.7 Å². The zero-order valence-electron chi connectivity index (χ0n) is 12.3. The first-order chi connectivity index (χ1) is 9.69. The summed E-state index contributed by atoms with van der Waals surface area (Å²) in [5.74, 6) is -1.72. The van der Waals surface area contributed by atoms with Crippen LogP contribution in [0.2, 0.25) is 0 Å². The Morgan fingerprint density at radius 1 is 1.29 bits per heavy atom. The van der Waals surface area contributed by atoms with Gasteiger partial charge in [-0.15, -0.1) is 0 Å². The number of hydrogen-bond acceptors (Lipinski definition) is 5. The molecule has 2 unspecified atom stereocenters. The van der Waals surface area contributed by atoms with Crippen LogP contribution in [0.5, 0.6) is 17.2 Å². The molecule has 0 saturated carbocycles. The van der Waals surface area contributed by atoms with Gasteiger partial charge in [0.1, 0.15) is 11.3 Å². The van der Waals surface area contributed by atoms with Gasteiger partial charge in [-0.3, -0.25) is 4.79 Å². The summed E-state index contributed by atoms with van der Waals surface area (Å²) in [6.07, 6.45) is 1.93. The van der Waals surface area contributed by atoms with Crippen molar-refractivity contribution in [1.82, 2.24) is 0 Å². The predicted octanol–water partition coefficient (Wildman–Crippen LogP) is 1.95. The van der Waals surface area contributed by atoms with Crippen molar-refractivity contribution < 1.29 is 25.2 Å². The molecule has 0 amide bonds. The molecule has 118 valence electrons. The van der Waals surface area contributed by atoms with Crippen LogP contribution in [0.1, 0.15) is 38.7 Å². The maximum absolute atomic E-state index is 11.1. The van der Waals surface area contributed by atoms with E-state index in [0.717, 1.165) is 6.42 Å². The highest BCUT2D eigenvalue weighted by Gasteiger charge is 2.30. The molecule has 0 bridgehead atoms. The first-order valence-corrected chi connectivity index (χ1v) is 6.94. The summed E-state index contributed by atoms with van der Waals surface area (Å²) in [5, 5.41) is 38.0. The van der Waals surface area contributed by atoms with E-state index in [2.05, 4.69) is 0 Å². The lowest BCUT2D eigenvalue weighted by Crippen LogP contribution is -2.46. The van der Waals surface area contributed by atoms with Crippen molar-refractivity contribution in [2.24, 2.45) is 11.7 Å². The average Bonchev–Trinajstić information content (AvgIpc) is 2.41.